The number of aryl methyl sites for hydroxylation is 1. The molecule has 0 bridgehead atoms. The summed E-state index contributed by atoms with van der Waals surface area (Å²) in [6.45, 7) is 2.20. The molecule has 0 aliphatic rings. The number of ether oxygens (including phenoxy) is 2. The van der Waals surface area contributed by atoms with Crippen molar-refractivity contribution in [1.82, 2.24) is 14.8 Å². The molecule has 1 N–H and O–H groups in total. The molecule has 8 nitrogen and oxygen atoms in total. The summed E-state index contributed by atoms with van der Waals surface area (Å²) in [7, 11) is 1.77. The zero-order valence-corrected chi connectivity index (χ0v) is 20.4. The number of amides is 1. The van der Waals surface area contributed by atoms with Gasteiger partial charge in [0.05, 0.1) is 11.1 Å². The van der Waals surface area contributed by atoms with Crippen LogP contribution in [0.3, 0.4) is 0 Å². The van der Waals surface area contributed by atoms with Crippen LogP contribution in [0.4, 0.5) is 10.6 Å². The minimum Gasteiger partial charge on any atom is -0.441 e. The maximum atomic E-state index is 12.7. The van der Waals surface area contributed by atoms with Crippen molar-refractivity contribution in [1.29, 1.82) is 0 Å². The van der Waals surface area contributed by atoms with E-state index in [2.05, 4.69) is 21.5 Å². The van der Waals surface area contributed by atoms with E-state index in [9.17, 15) is 9.59 Å². The molecular formula is C27H22N4O4S. The molecule has 0 aliphatic heterocycles. The molecule has 0 radical (unpaired) electrons. The Morgan fingerprint density at radius 1 is 1.03 bits per heavy atom. The number of nitrogens with one attached hydrogen (secondary N) is 1. The topological polar surface area (TPSA) is 95.3 Å². The Morgan fingerprint density at radius 3 is 2.50 bits per heavy atom. The van der Waals surface area contributed by atoms with Gasteiger partial charge in [-0.15, -0.1) is 0 Å². The minimum atomic E-state index is -0.552. The molecule has 5 rings (SSSR count). The molecule has 180 valence electrons. The van der Waals surface area contributed by atoms with Crippen LogP contribution in [0.2, 0.25) is 0 Å². The molecule has 1 unspecified atom stereocenters. The number of carbonyl (C=O) groups is 2. The fraction of sp³-hybridized carbons (Fsp3) is 0.111. The van der Waals surface area contributed by atoms with Crippen molar-refractivity contribution in [2.24, 2.45) is 7.05 Å². The zero-order valence-electron chi connectivity index (χ0n) is 19.5. The summed E-state index contributed by atoms with van der Waals surface area (Å²) in [5.74, 6) is 0.545. The smallest absolute Gasteiger partial charge is 0.413 e. The molecule has 0 aliphatic carbocycles. The summed E-state index contributed by atoms with van der Waals surface area (Å²) in [6, 6.07) is 21.7. The molecule has 36 heavy (non-hydrogen) atoms. The lowest BCUT2D eigenvalue weighted by Crippen LogP contribution is -2.18. The van der Waals surface area contributed by atoms with Crippen molar-refractivity contribution in [3.63, 3.8) is 0 Å². The predicted octanol–water partition coefficient (Wildman–Crippen LogP) is 6.21. The number of thiazole rings is 1. The third kappa shape index (κ3) is 4.82. The van der Waals surface area contributed by atoms with Gasteiger partial charge in [0.1, 0.15) is 11.9 Å². The van der Waals surface area contributed by atoms with Crippen LogP contribution in [-0.2, 0) is 16.6 Å². The second-order valence-corrected chi connectivity index (χ2v) is 9.09. The second-order valence-electron chi connectivity index (χ2n) is 8.09. The van der Waals surface area contributed by atoms with E-state index >= 15 is 0 Å². The lowest BCUT2D eigenvalue weighted by atomic mass is 10.0. The van der Waals surface area contributed by atoms with Gasteiger partial charge in [-0.2, -0.15) is 5.10 Å². The van der Waals surface area contributed by atoms with Crippen LogP contribution in [0.5, 0.6) is 5.19 Å². The van der Waals surface area contributed by atoms with E-state index < -0.39 is 12.2 Å². The first kappa shape index (κ1) is 23.3. The van der Waals surface area contributed by atoms with Crippen molar-refractivity contribution in [3.8, 4) is 26.8 Å². The maximum Gasteiger partial charge on any atom is 0.413 e. The van der Waals surface area contributed by atoms with Crippen molar-refractivity contribution < 1.29 is 19.1 Å². The summed E-state index contributed by atoms with van der Waals surface area (Å²) in [5, 5.41) is 9.56. The average Bonchev–Trinajstić information content (AvgIpc) is 3.51. The van der Waals surface area contributed by atoms with Gasteiger partial charge in [0, 0.05) is 18.8 Å². The summed E-state index contributed by atoms with van der Waals surface area (Å²) in [4.78, 5) is 28.2. The van der Waals surface area contributed by atoms with E-state index in [1.165, 1.54) is 11.3 Å². The van der Waals surface area contributed by atoms with Gasteiger partial charge in [0.15, 0.2) is 0 Å². The lowest BCUT2D eigenvalue weighted by Gasteiger charge is -2.15. The minimum absolute atomic E-state index is 0.309. The molecule has 0 saturated carbocycles. The van der Waals surface area contributed by atoms with Gasteiger partial charge in [-0.05, 0) is 46.5 Å². The van der Waals surface area contributed by atoms with E-state index in [-0.39, 0.29) is 0 Å². The lowest BCUT2D eigenvalue weighted by molar-refractivity contribution is -0.120. The third-order valence-electron chi connectivity index (χ3n) is 5.78. The largest absolute Gasteiger partial charge is 0.441 e. The van der Waals surface area contributed by atoms with Gasteiger partial charge >= 0.3 is 6.09 Å². The monoisotopic (exact) mass is 498 g/mol. The zero-order chi connectivity index (χ0) is 25.1. The fourth-order valence-electron chi connectivity index (χ4n) is 3.93. The van der Waals surface area contributed by atoms with E-state index in [1.54, 1.807) is 24.1 Å². The molecule has 1 atom stereocenters. The number of anilines is 1. The Labute approximate surface area is 211 Å². The van der Waals surface area contributed by atoms with Gasteiger partial charge in [0.2, 0.25) is 0 Å². The van der Waals surface area contributed by atoms with Crippen LogP contribution in [0, 0.1) is 0 Å². The Balaban J connectivity index is 1.37. The quantitative estimate of drug-likeness (QED) is 0.268. The first-order valence-electron chi connectivity index (χ1n) is 11.2. The predicted molar refractivity (Wildman–Crippen MR) is 139 cm³/mol. The van der Waals surface area contributed by atoms with Crippen molar-refractivity contribution >= 4 is 40.5 Å². The maximum absolute atomic E-state index is 12.7. The van der Waals surface area contributed by atoms with Gasteiger partial charge in [-0.25, -0.2) is 9.78 Å². The van der Waals surface area contributed by atoms with Gasteiger partial charge < -0.3 is 9.47 Å². The standard InChI is InChI=1S/C27H22N4O4S/c1-17(18-6-4-3-5-7-18)35-26(33)30-25-23(14-29-31(25)2)21-10-8-20-13-22(11-9-19(20)12-21)24-15-28-27(36-24)34-16-32/h3-17H,1-2H3,(H,30,33). The Bertz CT molecular complexity index is 1540. The SMILES string of the molecule is CC(OC(=O)Nc1c(-c2ccc3cc(-c4cnc(OC=O)s4)ccc3c2)cnn1C)c1ccccc1. The number of fused-ring (bicyclic) bond motifs is 1. The van der Waals surface area contributed by atoms with E-state index in [4.69, 9.17) is 9.47 Å². The fourth-order valence-corrected chi connectivity index (χ4v) is 4.66. The molecule has 9 heteroatoms. The van der Waals surface area contributed by atoms with Crippen molar-refractivity contribution in [2.75, 3.05) is 5.32 Å². The Hall–Kier alpha value is -4.50. The average molecular weight is 499 g/mol. The molecule has 3 aromatic carbocycles. The van der Waals surface area contributed by atoms with Crippen LogP contribution >= 0.6 is 11.3 Å². The van der Waals surface area contributed by atoms with Gasteiger partial charge in [-0.1, -0.05) is 65.9 Å². The molecule has 0 fully saturated rings. The van der Waals surface area contributed by atoms with Crippen molar-refractivity contribution in [2.45, 2.75) is 13.0 Å². The molecule has 2 heterocycles. The highest BCUT2D eigenvalue weighted by molar-refractivity contribution is 7.16. The number of hydrogen-bond acceptors (Lipinski definition) is 7. The first-order chi connectivity index (χ1) is 17.5. The molecule has 0 spiro atoms. The summed E-state index contributed by atoms with van der Waals surface area (Å²) in [5.41, 5.74) is 3.59. The van der Waals surface area contributed by atoms with Crippen LogP contribution in [-0.4, -0.2) is 27.3 Å². The molecule has 2 aromatic heterocycles. The van der Waals surface area contributed by atoms with E-state index in [0.29, 0.717) is 17.5 Å². The summed E-state index contributed by atoms with van der Waals surface area (Å²) in [6.07, 6.45) is 2.46. The molecular weight excluding hydrogens is 476 g/mol. The number of benzene rings is 3. The number of nitrogens with zero attached hydrogens (tertiary/aromatic N) is 3. The molecule has 5 aromatic rings. The Kier molecular flexibility index (Phi) is 6.46. The van der Waals surface area contributed by atoms with Crippen molar-refractivity contribution in [3.05, 3.63) is 84.7 Å². The number of aromatic nitrogens is 3. The first-order valence-corrected chi connectivity index (χ1v) is 12.0. The van der Waals surface area contributed by atoms with E-state index in [1.807, 2.05) is 67.6 Å². The molecule has 0 saturated heterocycles. The molecule has 1 amide bonds. The highest BCUT2D eigenvalue weighted by Gasteiger charge is 2.17. The highest BCUT2D eigenvalue weighted by Crippen LogP contribution is 2.34. The number of carbonyl (C=O) groups excluding carboxylic acids is 2. The summed E-state index contributed by atoms with van der Waals surface area (Å²) < 4.78 is 12.0. The normalized spacial score (nSPS) is 11.7. The van der Waals surface area contributed by atoms with Crippen LogP contribution < -0.4 is 10.1 Å². The van der Waals surface area contributed by atoms with E-state index in [0.717, 1.165) is 37.9 Å². The summed E-state index contributed by atoms with van der Waals surface area (Å²) >= 11 is 1.30. The van der Waals surface area contributed by atoms with Crippen LogP contribution in [0.25, 0.3) is 32.3 Å². The van der Waals surface area contributed by atoms with Crippen LogP contribution in [0.1, 0.15) is 18.6 Å². The second kappa shape index (κ2) is 10.0. The highest BCUT2D eigenvalue weighted by atomic mass is 32.1. The number of hydrogen-bond donors (Lipinski definition) is 1. The Morgan fingerprint density at radius 2 is 1.75 bits per heavy atom. The number of rotatable bonds is 7. The third-order valence-corrected chi connectivity index (χ3v) is 6.72. The van der Waals surface area contributed by atoms with Gasteiger partial charge in [-0.3, -0.25) is 14.8 Å². The van der Waals surface area contributed by atoms with Crippen LogP contribution in [0.15, 0.2) is 79.1 Å². The van der Waals surface area contributed by atoms with Gasteiger partial charge in [0.25, 0.3) is 11.7 Å².